The van der Waals surface area contributed by atoms with Crippen molar-refractivity contribution in [3.8, 4) is 67.5 Å². The fourth-order valence-electron chi connectivity index (χ4n) is 10.1. The second-order valence-corrected chi connectivity index (χ2v) is 17.0. The zero-order chi connectivity index (χ0) is 40.1. The van der Waals surface area contributed by atoms with Crippen molar-refractivity contribution < 1.29 is 4.74 Å². The lowest BCUT2D eigenvalue weighted by atomic mass is 9.66. The number of aromatic nitrogens is 2. The van der Waals surface area contributed by atoms with Crippen molar-refractivity contribution in [2.75, 3.05) is 0 Å². The van der Waals surface area contributed by atoms with Crippen LogP contribution < -0.4 is 4.74 Å². The van der Waals surface area contributed by atoms with E-state index in [0.29, 0.717) is 5.82 Å². The number of fused-ring (bicyclic) bond motifs is 13. The van der Waals surface area contributed by atoms with Gasteiger partial charge in [0.25, 0.3) is 0 Å². The summed E-state index contributed by atoms with van der Waals surface area (Å²) in [6.45, 7) is 0. The highest BCUT2D eigenvalue weighted by Gasteiger charge is 2.52. The topological polar surface area (TPSA) is 35.0 Å². The van der Waals surface area contributed by atoms with Gasteiger partial charge in [0.15, 0.2) is 5.82 Å². The van der Waals surface area contributed by atoms with E-state index in [0.717, 1.165) is 60.6 Å². The summed E-state index contributed by atoms with van der Waals surface area (Å²) in [6, 6.07) is 74.2. The van der Waals surface area contributed by atoms with Crippen molar-refractivity contribution in [1.82, 2.24) is 9.97 Å². The molecule has 4 heteroatoms. The van der Waals surface area contributed by atoms with Crippen LogP contribution in [0.5, 0.6) is 11.5 Å². The predicted molar refractivity (Wildman–Crippen MR) is 252 cm³/mol. The third-order valence-corrected chi connectivity index (χ3v) is 14.0. The maximum atomic E-state index is 6.72. The van der Waals surface area contributed by atoms with Gasteiger partial charge in [0.1, 0.15) is 11.5 Å². The van der Waals surface area contributed by atoms with E-state index in [1.54, 1.807) is 11.3 Å². The van der Waals surface area contributed by atoms with E-state index >= 15 is 0 Å². The Bertz CT molecular complexity index is 3520. The summed E-state index contributed by atoms with van der Waals surface area (Å²) in [5.74, 6) is 2.46. The van der Waals surface area contributed by atoms with Crippen LogP contribution in [0.4, 0.5) is 0 Å². The Kier molecular flexibility index (Phi) is 7.39. The van der Waals surface area contributed by atoms with Crippen LogP contribution in [0.25, 0.3) is 87.1 Å². The monoisotopic (exact) mass is 794 g/mol. The van der Waals surface area contributed by atoms with E-state index < -0.39 is 5.41 Å². The first-order chi connectivity index (χ1) is 30.2. The molecular weight excluding hydrogens is 761 g/mol. The highest BCUT2D eigenvalue weighted by molar-refractivity contribution is 7.26. The van der Waals surface area contributed by atoms with Gasteiger partial charge in [-0.05, 0) is 79.5 Å². The number of thiophene rings is 1. The molecule has 0 fully saturated rings. The average Bonchev–Trinajstić information content (AvgIpc) is 3.85. The molecule has 0 unspecified atom stereocenters. The van der Waals surface area contributed by atoms with E-state index in [1.807, 2.05) is 0 Å². The van der Waals surface area contributed by atoms with E-state index in [9.17, 15) is 0 Å². The van der Waals surface area contributed by atoms with Crippen LogP contribution in [0.1, 0.15) is 22.3 Å². The summed E-state index contributed by atoms with van der Waals surface area (Å²) < 4.78 is 9.00. The fraction of sp³-hybridized carbons (Fsp3) is 0.0175. The Morgan fingerprint density at radius 3 is 1.85 bits per heavy atom. The normalized spacial score (nSPS) is 13.2. The molecule has 0 radical (unpaired) electrons. The van der Waals surface area contributed by atoms with Crippen LogP contribution in [0.15, 0.2) is 206 Å². The van der Waals surface area contributed by atoms with Gasteiger partial charge in [0, 0.05) is 32.3 Å². The second kappa shape index (κ2) is 13.2. The summed E-state index contributed by atoms with van der Waals surface area (Å²) in [6.07, 6.45) is 0. The number of benzene rings is 9. The van der Waals surface area contributed by atoms with E-state index in [4.69, 9.17) is 14.7 Å². The molecule has 3 heterocycles. The first-order valence-electron chi connectivity index (χ1n) is 20.7. The van der Waals surface area contributed by atoms with Gasteiger partial charge in [0.2, 0.25) is 0 Å². The van der Waals surface area contributed by atoms with Crippen molar-refractivity contribution in [3.05, 3.63) is 229 Å². The van der Waals surface area contributed by atoms with Gasteiger partial charge in [-0.15, -0.1) is 11.3 Å². The molecule has 61 heavy (non-hydrogen) atoms. The first-order valence-corrected chi connectivity index (χ1v) is 21.5. The molecule has 11 aromatic rings. The van der Waals surface area contributed by atoms with Crippen molar-refractivity contribution in [1.29, 1.82) is 0 Å². The highest BCUT2D eigenvalue weighted by Crippen LogP contribution is 2.64. The molecule has 0 atom stereocenters. The molecule has 13 rings (SSSR count). The molecule has 0 saturated carbocycles. The maximum Gasteiger partial charge on any atom is 0.160 e. The summed E-state index contributed by atoms with van der Waals surface area (Å²) >= 11 is 1.77. The smallest absolute Gasteiger partial charge is 0.160 e. The molecule has 284 valence electrons. The summed E-state index contributed by atoms with van der Waals surface area (Å²) in [7, 11) is 0. The minimum Gasteiger partial charge on any atom is -0.457 e. The van der Waals surface area contributed by atoms with E-state index in [-0.39, 0.29) is 0 Å². The van der Waals surface area contributed by atoms with Crippen molar-refractivity contribution in [2.45, 2.75) is 5.41 Å². The summed E-state index contributed by atoms with van der Waals surface area (Å²) in [5.41, 5.74) is 15.2. The second-order valence-electron chi connectivity index (χ2n) is 16.0. The van der Waals surface area contributed by atoms with Crippen LogP contribution in [0.2, 0.25) is 0 Å². The number of hydrogen-bond acceptors (Lipinski definition) is 4. The summed E-state index contributed by atoms with van der Waals surface area (Å²) in [4.78, 5) is 11.0. The minimum atomic E-state index is -0.635. The molecule has 0 amide bonds. The van der Waals surface area contributed by atoms with E-state index in [1.165, 1.54) is 54.4 Å². The van der Waals surface area contributed by atoms with Crippen molar-refractivity contribution in [2.24, 2.45) is 0 Å². The SMILES string of the molecule is c1ccc(-c2ccc3c(c2)C2(c4ccccc4Oc4ccccc42)c2cccc(-c4nc(-c5ccc(-c6cccc7ccccc67)cc5)nc5c4sc4ccccc45)c2-3)cc1. The molecule has 1 aliphatic carbocycles. The third-order valence-electron chi connectivity index (χ3n) is 12.8. The van der Waals surface area contributed by atoms with Crippen LogP contribution in [0, 0.1) is 0 Å². The zero-order valence-electron chi connectivity index (χ0n) is 32.8. The average molecular weight is 795 g/mol. The molecule has 1 aliphatic heterocycles. The molecule has 0 saturated heterocycles. The highest BCUT2D eigenvalue weighted by atomic mass is 32.1. The Labute approximate surface area is 356 Å². The van der Waals surface area contributed by atoms with Gasteiger partial charge >= 0.3 is 0 Å². The molecule has 2 aliphatic rings. The number of para-hydroxylation sites is 2. The molecule has 2 aromatic heterocycles. The van der Waals surface area contributed by atoms with Crippen LogP contribution >= 0.6 is 11.3 Å². The van der Waals surface area contributed by atoms with Gasteiger partial charge in [-0.3, -0.25) is 0 Å². The Morgan fingerprint density at radius 1 is 0.410 bits per heavy atom. The molecule has 1 spiro atoms. The number of rotatable bonds is 4. The lowest BCUT2D eigenvalue weighted by molar-refractivity contribution is 0.436. The third kappa shape index (κ3) is 4.97. The number of nitrogens with zero attached hydrogens (tertiary/aromatic N) is 2. The Balaban J connectivity index is 1.08. The largest absolute Gasteiger partial charge is 0.457 e. The number of hydrogen-bond donors (Lipinski definition) is 0. The quantitative estimate of drug-likeness (QED) is 0.178. The minimum absolute atomic E-state index is 0.635. The molecule has 0 N–H and O–H groups in total. The maximum absolute atomic E-state index is 6.72. The lowest BCUT2D eigenvalue weighted by Gasteiger charge is -2.39. The number of ether oxygens (including phenoxy) is 1. The van der Waals surface area contributed by atoms with Gasteiger partial charge in [-0.2, -0.15) is 0 Å². The molecule has 0 bridgehead atoms. The standard InChI is InChI=1S/C57H34N2OS/c1-2-14-35(15-3-1)39-32-33-42-48(34-39)57(45-22-7-9-25-49(45)60-50-26-10-8-23-46(50)57)47-24-13-21-44(52(42)47)54-55-53(43-19-6-11-27-51(43)61-55)58-56(59-54)38-30-28-37(29-31-38)41-20-12-17-36-16-4-5-18-40(36)41/h1-34H. The Morgan fingerprint density at radius 2 is 1.03 bits per heavy atom. The summed E-state index contributed by atoms with van der Waals surface area (Å²) in [5, 5.41) is 3.61. The molecule has 3 nitrogen and oxygen atoms in total. The fourth-order valence-corrected chi connectivity index (χ4v) is 11.3. The van der Waals surface area contributed by atoms with Gasteiger partial charge in [-0.1, -0.05) is 182 Å². The first kappa shape index (κ1) is 34.2. The van der Waals surface area contributed by atoms with Crippen LogP contribution in [-0.2, 0) is 5.41 Å². The van der Waals surface area contributed by atoms with Crippen molar-refractivity contribution >= 4 is 42.4 Å². The predicted octanol–water partition coefficient (Wildman–Crippen LogP) is 15.1. The van der Waals surface area contributed by atoms with Crippen LogP contribution in [0.3, 0.4) is 0 Å². The van der Waals surface area contributed by atoms with Crippen LogP contribution in [-0.4, -0.2) is 9.97 Å². The lowest BCUT2D eigenvalue weighted by Crippen LogP contribution is -2.32. The zero-order valence-corrected chi connectivity index (χ0v) is 33.7. The molecular formula is C57H34N2OS. The van der Waals surface area contributed by atoms with Gasteiger partial charge in [-0.25, -0.2) is 9.97 Å². The van der Waals surface area contributed by atoms with Crippen molar-refractivity contribution in [3.63, 3.8) is 0 Å². The van der Waals surface area contributed by atoms with Gasteiger partial charge < -0.3 is 4.74 Å². The van der Waals surface area contributed by atoms with Gasteiger partial charge in [0.05, 0.1) is 21.3 Å². The molecule has 9 aromatic carbocycles. The van der Waals surface area contributed by atoms with E-state index in [2.05, 4.69) is 206 Å². The Hall–Kier alpha value is -7.66.